The van der Waals surface area contributed by atoms with Crippen molar-refractivity contribution in [3.63, 3.8) is 0 Å². The van der Waals surface area contributed by atoms with E-state index in [2.05, 4.69) is 34.2 Å². The second kappa shape index (κ2) is 8.33. The number of pyridine rings is 1. The molecule has 0 N–H and O–H groups in total. The molecule has 1 saturated heterocycles. The van der Waals surface area contributed by atoms with Crippen LogP contribution >= 0.6 is 0 Å². The van der Waals surface area contributed by atoms with Gasteiger partial charge in [0.15, 0.2) is 0 Å². The van der Waals surface area contributed by atoms with Gasteiger partial charge in [-0.05, 0) is 38.8 Å². The average molecular weight is 423 g/mol. The van der Waals surface area contributed by atoms with Crippen LogP contribution in [0.2, 0.25) is 0 Å². The molecule has 0 radical (unpaired) electrons. The van der Waals surface area contributed by atoms with Crippen LogP contribution in [-0.2, 0) is 4.74 Å². The van der Waals surface area contributed by atoms with Gasteiger partial charge in [0, 0.05) is 37.3 Å². The lowest BCUT2D eigenvalue weighted by molar-refractivity contribution is -0.384. The Hall–Kier alpha value is -3.49. The first-order chi connectivity index (χ1) is 14.9. The number of carbonyl (C=O) groups excluding carboxylic acids is 1. The first kappa shape index (κ1) is 20.8. The summed E-state index contributed by atoms with van der Waals surface area (Å²) in [6.07, 6.45) is 3.14. The normalized spacial score (nSPS) is 16.6. The van der Waals surface area contributed by atoms with Crippen LogP contribution in [0.15, 0.2) is 36.5 Å². The number of carbonyl (C=O) groups is 1. The summed E-state index contributed by atoms with van der Waals surface area (Å²) in [6, 6.07) is 9.55. The highest BCUT2D eigenvalue weighted by Crippen LogP contribution is 2.35. The monoisotopic (exact) mass is 423 g/mol. The Morgan fingerprint density at radius 1 is 1.32 bits per heavy atom. The molecule has 0 spiro atoms. The third-order valence-electron chi connectivity index (χ3n) is 5.69. The molecule has 1 atom stereocenters. The fourth-order valence-corrected chi connectivity index (χ4v) is 4.33. The number of aromatic nitrogens is 3. The smallest absolute Gasteiger partial charge is 0.339 e. The maximum Gasteiger partial charge on any atom is 0.339 e. The summed E-state index contributed by atoms with van der Waals surface area (Å²) in [7, 11) is 1.23. The van der Waals surface area contributed by atoms with Crippen molar-refractivity contribution in [1.82, 2.24) is 14.5 Å². The predicted molar refractivity (Wildman–Crippen MR) is 117 cm³/mol. The minimum atomic E-state index is -0.649. The summed E-state index contributed by atoms with van der Waals surface area (Å²) in [6.45, 7) is 5.50. The Bertz CT molecular complexity index is 1140. The maximum absolute atomic E-state index is 11.8. The number of imidazole rings is 1. The first-order valence-corrected chi connectivity index (χ1v) is 10.3. The van der Waals surface area contributed by atoms with E-state index in [9.17, 15) is 14.9 Å². The number of nitro groups is 1. The van der Waals surface area contributed by atoms with E-state index in [0.29, 0.717) is 13.1 Å². The van der Waals surface area contributed by atoms with Crippen LogP contribution < -0.4 is 4.90 Å². The van der Waals surface area contributed by atoms with Gasteiger partial charge in [-0.15, -0.1) is 0 Å². The molecule has 9 nitrogen and oxygen atoms in total. The van der Waals surface area contributed by atoms with Crippen molar-refractivity contribution >= 4 is 28.5 Å². The highest BCUT2D eigenvalue weighted by atomic mass is 16.6. The number of benzene rings is 1. The summed E-state index contributed by atoms with van der Waals surface area (Å²) < 4.78 is 6.93. The molecule has 0 aliphatic carbocycles. The van der Waals surface area contributed by atoms with Gasteiger partial charge in [0.25, 0.3) is 0 Å². The minimum absolute atomic E-state index is 0.0631. The van der Waals surface area contributed by atoms with E-state index in [1.54, 1.807) is 0 Å². The van der Waals surface area contributed by atoms with E-state index >= 15 is 0 Å². The summed E-state index contributed by atoms with van der Waals surface area (Å²) in [5.41, 5.74) is 1.92. The largest absolute Gasteiger partial charge is 0.465 e. The van der Waals surface area contributed by atoms with E-state index in [1.807, 2.05) is 23.1 Å². The van der Waals surface area contributed by atoms with E-state index in [1.165, 1.54) is 19.4 Å². The Balaban J connectivity index is 1.70. The molecule has 0 amide bonds. The molecule has 1 fully saturated rings. The highest BCUT2D eigenvalue weighted by Gasteiger charge is 2.31. The summed E-state index contributed by atoms with van der Waals surface area (Å²) in [5.74, 6) is 0.735. The molecule has 162 valence electrons. The average Bonchev–Trinajstić information content (AvgIpc) is 3.18. The van der Waals surface area contributed by atoms with Crippen LogP contribution in [0, 0.1) is 10.1 Å². The van der Waals surface area contributed by atoms with E-state index in [0.717, 1.165) is 29.7 Å². The van der Waals surface area contributed by atoms with Crippen molar-refractivity contribution in [2.75, 3.05) is 25.1 Å². The summed E-state index contributed by atoms with van der Waals surface area (Å²) in [4.78, 5) is 34.1. The molecular formula is C22H25N5O4. The Morgan fingerprint density at radius 3 is 2.81 bits per heavy atom. The molecule has 3 aromatic rings. The van der Waals surface area contributed by atoms with Crippen molar-refractivity contribution in [2.45, 2.75) is 38.6 Å². The van der Waals surface area contributed by atoms with E-state index in [4.69, 9.17) is 4.98 Å². The molecule has 4 rings (SSSR count). The van der Waals surface area contributed by atoms with Crippen LogP contribution in [0.4, 0.5) is 11.5 Å². The third kappa shape index (κ3) is 3.83. The van der Waals surface area contributed by atoms with Crippen molar-refractivity contribution in [3.05, 3.63) is 58.0 Å². The number of piperidine rings is 1. The van der Waals surface area contributed by atoms with E-state index < -0.39 is 10.9 Å². The van der Waals surface area contributed by atoms with Gasteiger partial charge in [-0.2, -0.15) is 0 Å². The molecular weight excluding hydrogens is 398 g/mol. The topological polar surface area (TPSA) is 103 Å². The zero-order valence-electron chi connectivity index (χ0n) is 17.8. The van der Waals surface area contributed by atoms with Gasteiger partial charge in [0.05, 0.1) is 28.6 Å². The number of para-hydroxylation sites is 2. The predicted octanol–water partition coefficient (Wildman–Crippen LogP) is 4.09. The van der Waals surface area contributed by atoms with Gasteiger partial charge in [-0.3, -0.25) is 10.1 Å². The number of fused-ring (bicyclic) bond motifs is 1. The number of anilines is 1. The lowest BCUT2D eigenvalue weighted by atomic mass is 9.96. The number of ether oxygens (including phenoxy) is 1. The number of nitrogens with zero attached hydrogens (tertiary/aromatic N) is 5. The van der Waals surface area contributed by atoms with E-state index in [-0.39, 0.29) is 29.0 Å². The standard InChI is InChI=1S/C22H25N5O4/c1-14(2)26-18-9-5-4-8-17(18)24-20(26)15-7-6-10-25(13-15)21-19(27(29)30)11-16(12-23-21)22(28)31-3/h4-5,8-9,11-12,14-15H,6-7,10,13H2,1-3H3. The molecule has 2 aromatic heterocycles. The quantitative estimate of drug-likeness (QED) is 0.346. The molecule has 0 bridgehead atoms. The van der Waals surface area contributed by atoms with Crippen LogP contribution in [0.1, 0.15) is 54.8 Å². The van der Waals surface area contributed by atoms with Crippen molar-refractivity contribution in [1.29, 1.82) is 0 Å². The lowest BCUT2D eigenvalue weighted by Crippen LogP contribution is -2.36. The number of esters is 1. The van der Waals surface area contributed by atoms with Crippen molar-refractivity contribution in [2.24, 2.45) is 0 Å². The number of methoxy groups -OCH3 is 1. The fraction of sp³-hybridized carbons (Fsp3) is 0.409. The molecule has 3 heterocycles. The van der Waals surface area contributed by atoms with Crippen molar-refractivity contribution in [3.8, 4) is 0 Å². The SMILES string of the molecule is COC(=O)c1cnc(N2CCCC(c3nc4ccccc4n3C(C)C)C2)c([N+](=O)[O-])c1. The fourth-order valence-electron chi connectivity index (χ4n) is 4.33. The number of rotatable bonds is 5. The zero-order valence-corrected chi connectivity index (χ0v) is 17.8. The van der Waals surface area contributed by atoms with Gasteiger partial charge >= 0.3 is 11.7 Å². The molecule has 9 heteroatoms. The molecule has 0 saturated carbocycles. The maximum atomic E-state index is 11.8. The zero-order chi connectivity index (χ0) is 22.1. The minimum Gasteiger partial charge on any atom is -0.465 e. The Kier molecular flexibility index (Phi) is 5.58. The summed E-state index contributed by atoms with van der Waals surface area (Å²) in [5, 5.41) is 11.7. The molecule has 1 aromatic carbocycles. The highest BCUT2D eigenvalue weighted by molar-refractivity contribution is 5.90. The molecule has 31 heavy (non-hydrogen) atoms. The first-order valence-electron chi connectivity index (χ1n) is 10.3. The lowest BCUT2D eigenvalue weighted by Gasteiger charge is -2.33. The van der Waals surface area contributed by atoms with Crippen LogP contribution in [0.5, 0.6) is 0 Å². The number of hydrogen-bond donors (Lipinski definition) is 0. The van der Waals surface area contributed by atoms with Gasteiger partial charge < -0.3 is 14.2 Å². The molecule has 1 aliphatic rings. The Labute approximate surface area is 179 Å². The van der Waals surface area contributed by atoms with Crippen LogP contribution in [0.25, 0.3) is 11.0 Å². The van der Waals surface area contributed by atoms with Gasteiger partial charge in [0.2, 0.25) is 5.82 Å². The molecule has 1 aliphatic heterocycles. The van der Waals surface area contributed by atoms with Gasteiger partial charge in [0.1, 0.15) is 5.82 Å². The Morgan fingerprint density at radius 2 is 2.10 bits per heavy atom. The molecule has 1 unspecified atom stereocenters. The van der Waals surface area contributed by atoms with Gasteiger partial charge in [-0.1, -0.05) is 12.1 Å². The van der Waals surface area contributed by atoms with Gasteiger partial charge in [-0.25, -0.2) is 14.8 Å². The third-order valence-corrected chi connectivity index (χ3v) is 5.69. The van der Waals surface area contributed by atoms with Crippen molar-refractivity contribution < 1.29 is 14.5 Å². The van der Waals surface area contributed by atoms with Crippen LogP contribution in [-0.4, -0.2) is 45.6 Å². The number of hydrogen-bond acceptors (Lipinski definition) is 7. The summed E-state index contributed by atoms with van der Waals surface area (Å²) >= 11 is 0. The second-order valence-corrected chi connectivity index (χ2v) is 8.02. The second-order valence-electron chi connectivity index (χ2n) is 8.02. The van der Waals surface area contributed by atoms with Crippen LogP contribution in [0.3, 0.4) is 0 Å².